The van der Waals surface area contributed by atoms with Crippen LogP contribution in [0.3, 0.4) is 0 Å². The molecule has 4 heteroatoms. The van der Waals surface area contributed by atoms with E-state index in [4.69, 9.17) is 4.74 Å². The Labute approximate surface area is 141 Å². The van der Waals surface area contributed by atoms with Crippen molar-refractivity contribution in [2.75, 3.05) is 5.32 Å². The highest BCUT2D eigenvalue weighted by Crippen LogP contribution is 2.22. The molecule has 122 valence electrons. The summed E-state index contributed by atoms with van der Waals surface area (Å²) in [5, 5.41) is 2.81. The van der Waals surface area contributed by atoms with Gasteiger partial charge in [-0.1, -0.05) is 30.4 Å². The molecule has 2 aromatic rings. The summed E-state index contributed by atoms with van der Waals surface area (Å²) in [6.45, 7) is 0. The second kappa shape index (κ2) is 7.59. The first-order valence-corrected chi connectivity index (χ1v) is 8.05. The molecule has 2 aromatic carbocycles. The minimum Gasteiger partial charge on any atom is -0.426 e. The number of anilines is 1. The Morgan fingerprint density at radius 1 is 0.958 bits per heavy atom. The van der Waals surface area contributed by atoms with E-state index in [-0.39, 0.29) is 17.8 Å². The van der Waals surface area contributed by atoms with E-state index in [1.807, 2.05) is 24.3 Å². The number of amides is 1. The summed E-state index contributed by atoms with van der Waals surface area (Å²) in [6, 6.07) is 15.8. The first kappa shape index (κ1) is 16.0. The van der Waals surface area contributed by atoms with Crippen molar-refractivity contribution in [1.29, 1.82) is 0 Å². The van der Waals surface area contributed by atoms with E-state index in [1.54, 1.807) is 36.4 Å². The lowest BCUT2D eigenvalue weighted by Crippen LogP contribution is -2.21. The number of ether oxygens (including phenoxy) is 1. The van der Waals surface area contributed by atoms with Crippen molar-refractivity contribution in [3.8, 4) is 5.75 Å². The second-order valence-electron chi connectivity index (χ2n) is 5.75. The van der Waals surface area contributed by atoms with Crippen LogP contribution >= 0.6 is 0 Å². The molecule has 24 heavy (non-hydrogen) atoms. The van der Waals surface area contributed by atoms with E-state index in [9.17, 15) is 9.59 Å². The van der Waals surface area contributed by atoms with Crippen molar-refractivity contribution < 1.29 is 14.3 Å². The molecule has 3 rings (SSSR count). The van der Waals surface area contributed by atoms with Crippen LogP contribution in [0.4, 0.5) is 5.69 Å². The van der Waals surface area contributed by atoms with Crippen LogP contribution in [0.1, 0.15) is 29.6 Å². The molecule has 0 heterocycles. The second-order valence-corrected chi connectivity index (χ2v) is 5.75. The van der Waals surface area contributed by atoms with Gasteiger partial charge >= 0.3 is 5.97 Å². The predicted molar refractivity (Wildman–Crippen MR) is 93.0 cm³/mol. The zero-order valence-corrected chi connectivity index (χ0v) is 13.3. The number of rotatable bonds is 4. The Hall–Kier alpha value is -2.88. The maximum absolute atomic E-state index is 12.1. The van der Waals surface area contributed by atoms with E-state index in [0.717, 1.165) is 19.3 Å². The van der Waals surface area contributed by atoms with Gasteiger partial charge in [0.2, 0.25) is 0 Å². The highest BCUT2D eigenvalue weighted by Gasteiger charge is 2.20. The third kappa shape index (κ3) is 4.10. The van der Waals surface area contributed by atoms with Crippen molar-refractivity contribution in [2.24, 2.45) is 5.92 Å². The van der Waals surface area contributed by atoms with Gasteiger partial charge in [0, 0.05) is 11.3 Å². The maximum atomic E-state index is 12.1. The van der Waals surface area contributed by atoms with Crippen LogP contribution in [0.2, 0.25) is 0 Å². The molecule has 0 aliphatic heterocycles. The van der Waals surface area contributed by atoms with Gasteiger partial charge in [-0.25, -0.2) is 0 Å². The Morgan fingerprint density at radius 2 is 1.71 bits per heavy atom. The monoisotopic (exact) mass is 321 g/mol. The van der Waals surface area contributed by atoms with E-state index in [2.05, 4.69) is 11.4 Å². The average Bonchev–Trinajstić information content (AvgIpc) is 2.65. The number of carbonyl (C=O) groups is 2. The van der Waals surface area contributed by atoms with Crippen molar-refractivity contribution in [1.82, 2.24) is 0 Å². The Balaban J connectivity index is 1.58. The van der Waals surface area contributed by atoms with Gasteiger partial charge in [0.1, 0.15) is 5.75 Å². The predicted octanol–water partition coefficient (Wildman–Crippen LogP) is 4.20. The van der Waals surface area contributed by atoms with Gasteiger partial charge in [0.05, 0.1) is 5.92 Å². The first-order chi connectivity index (χ1) is 11.7. The lowest BCUT2D eigenvalue weighted by molar-refractivity contribution is -0.139. The largest absolute Gasteiger partial charge is 0.426 e. The molecule has 1 aliphatic rings. The molecule has 1 N–H and O–H groups in total. The van der Waals surface area contributed by atoms with Gasteiger partial charge in [0.15, 0.2) is 0 Å². The van der Waals surface area contributed by atoms with Gasteiger partial charge in [-0.2, -0.15) is 0 Å². The van der Waals surface area contributed by atoms with Crippen molar-refractivity contribution >= 4 is 17.6 Å². The maximum Gasteiger partial charge on any atom is 0.314 e. The molecule has 0 spiro atoms. The summed E-state index contributed by atoms with van der Waals surface area (Å²) in [5.41, 5.74) is 1.25. The summed E-state index contributed by atoms with van der Waals surface area (Å²) in [7, 11) is 0. The fraction of sp³-hybridized carbons (Fsp3) is 0.200. The fourth-order valence-electron chi connectivity index (χ4n) is 2.61. The number of carbonyl (C=O) groups excluding carboxylic acids is 2. The van der Waals surface area contributed by atoms with E-state index < -0.39 is 0 Å². The Bertz CT molecular complexity index is 735. The van der Waals surface area contributed by atoms with Crippen LogP contribution < -0.4 is 10.1 Å². The fourth-order valence-corrected chi connectivity index (χ4v) is 2.61. The van der Waals surface area contributed by atoms with E-state index >= 15 is 0 Å². The summed E-state index contributed by atoms with van der Waals surface area (Å²) in [5.74, 6) is 0.0643. The van der Waals surface area contributed by atoms with Crippen LogP contribution in [-0.2, 0) is 4.79 Å². The summed E-state index contributed by atoms with van der Waals surface area (Å²) < 4.78 is 5.41. The topological polar surface area (TPSA) is 55.4 Å². The first-order valence-electron chi connectivity index (χ1n) is 8.05. The van der Waals surface area contributed by atoms with Crippen LogP contribution in [0.5, 0.6) is 5.75 Å². The number of esters is 1. The minimum absolute atomic E-state index is 0.0625. The molecule has 1 atom stereocenters. The van der Waals surface area contributed by atoms with Crippen molar-refractivity contribution in [3.63, 3.8) is 0 Å². The lowest BCUT2D eigenvalue weighted by Gasteiger charge is -2.16. The average molecular weight is 321 g/mol. The number of allylic oxidation sites excluding steroid dienone is 2. The summed E-state index contributed by atoms with van der Waals surface area (Å²) in [6.07, 6.45) is 6.61. The number of hydrogen-bond acceptors (Lipinski definition) is 3. The van der Waals surface area contributed by atoms with Gasteiger partial charge in [-0.15, -0.1) is 0 Å². The molecular weight excluding hydrogens is 302 g/mol. The number of nitrogens with one attached hydrogen (secondary N) is 1. The Kier molecular flexibility index (Phi) is 5.06. The molecule has 0 unspecified atom stereocenters. The molecule has 0 fully saturated rings. The third-order valence-corrected chi connectivity index (χ3v) is 3.97. The van der Waals surface area contributed by atoms with Crippen LogP contribution in [0, 0.1) is 5.92 Å². The van der Waals surface area contributed by atoms with Crippen molar-refractivity contribution in [3.05, 3.63) is 72.3 Å². The molecule has 0 saturated carbocycles. The zero-order valence-electron chi connectivity index (χ0n) is 13.3. The lowest BCUT2D eigenvalue weighted by atomic mass is 9.95. The molecule has 0 saturated heterocycles. The van der Waals surface area contributed by atoms with Gasteiger partial charge in [0.25, 0.3) is 5.91 Å². The zero-order chi connectivity index (χ0) is 16.8. The number of benzene rings is 2. The van der Waals surface area contributed by atoms with E-state index in [0.29, 0.717) is 17.0 Å². The SMILES string of the molecule is O=C(Nc1ccc(OC(=O)[C@@H]2CC=CCC2)cc1)c1ccccc1. The standard InChI is InChI=1S/C20H19NO3/c22-19(15-7-3-1-4-8-15)21-17-11-13-18(14-12-17)24-20(23)16-9-5-2-6-10-16/h1-5,7-8,11-14,16H,6,9-10H2,(H,21,22)/t16-/m1/s1. The summed E-state index contributed by atoms with van der Waals surface area (Å²) >= 11 is 0. The highest BCUT2D eigenvalue weighted by molar-refractivity contribution is 6.04. The van der Waals surface area contributed by atoms with Gasteiger partial charge < -0.3 is 10.1 Å². The molecule has 4 nitrogen and oxygen atoms in total. The van der Waals surface area contributed by atoms with Crippen LogP contribution in [0.25, 0.3) is 0 Å². The van der Waals surface area contributed by atoms with Gasteiger partial charge in [-0.05, 0) is 55.7 Å². The third-order valence-electron chi connectivity index (χ3n) is 3.97. The van der Waals surface area contributed by atoms with Crippen molar-refractivity contribution in [2.45, 2.75) is 19.3 Å². The quantitative estimate of drug-likeness (QED) is 0.521. The molecule has 1 aliphatic carbocycles. The van der Waals surface area contributed by atoms with E-state index in [1.165, 1.54) is 0 Å². The normalized spacial score (nSPS) is 16.4. The smallest absolute Gasteiger partial charge is 0.314 e. The molecule has 1 amide bonds. The molecule has 0 radical (unpaired) electrons. The highest BCUT2D eigenvalue weighted by atomic mass is 16.5. The summed E-state index contributed by atoms with van der Waals surface area (Å²) in [4.78, 5) is 24.2. The van der Waals surface area contributed by atoms with Crippen LogP contribution in [0.15, 0.2) is 66.7 Å². The number of hydrogen-bond donors (Lipinski definition) is 1. The van der Waals surface area contributed by atoms with Gasteiger partial charge in [-0.3, -0.25) is 9.59 Å². The Morgan fingerprint density at radius 3 is 2.38 bits per heavy atom. The molecular formula is C20H19NO3. The molecule has 0 aromatic heterocycles. The molecule has 0 bridgehead atoms. The minimum atomic E-state index is -0.194. The van der Waals surface area contributed by atoms with Crippen LogP contribution in [-0.4, -0.2) is 11.9 Å².